The van der Waals surface area contributed by atoms with Gasteiger partial charge in [-0.25, -0.2) is 4.98 Å². The van der Waals surface area contributed by atoms with E-state index in [2.05, 4.69) is 15.3 Å². The van der Waals surface area contributed by atoms with Crippen LogP contribution in [0, 0.1) is 0 Å². The standard InChI is InChI=1S/C16H16N4O2/c1-16(2)11-9-18-13(8-12(11)20(3)15(16)22)19-14(21)10-4-6-17-7-5-10/h4-9H,1-3H3,(H,18,19,21). The van der Waals surface area contributed by atoms with Gasteiger partial charge in [-0.3, -0.25) is 14.6 Å². The summed E-state index contributed by atoms with van der Waals surface area (Å²) in [5.74, 6) is 0.168. The minimum Gasteiger partial charge on any atom is -0.314 e. The number of rotatable bonds is 2. The number of aromatic nitrogens is 2. The van der Waals surface area contributed by atoms with Crippen molar-refractivity contribution in [1.82, 2.24) is 9.97 Å². The number of amides is 2. The van der Waals surface area contributed by atoms with Crippen LogP contribution < -0.4 is 10.2 Å². The number of likely N-dealkylation sites (N-methyl/N-ethyl adjacent to an activating group) is 1. The Morgan fingerprint density at radius 1 is 1.27 bits per heavy atom. The molecular formula is C16H16N4O2. The fourth-order valence-corrected chi connectivity index (χ4v) is 2.61. The molecule has 0 saturated heterocycles. The van der Waals surface area contributed by atoms with Crippen LogP contribution in [0.3, 0.4) is 0 Å². The lowest BCUT2D eigenvalue weighted by molar-refractivity contribution is -0.121. The van der Waals surface area contributed by atoms with Gasteiger partial charge in [0.25, 0.3) is 5.91 Å². The fourth-order valence-electron chi connectivity index (χ4n) is 2.61. The Balaban J connectivity index is 1.90. The van der Waals surface area contributed by atoms with Crippen LogP contribution in [0.1, 0.15) is 29.8 Å². The molecule has 6 nitrogen and oxygen atoms in total. The third-order valence-electron chi connectivity index (χ3n) is 3.94. The molecule has 0 bridgehead atoms. The highest BCUT2D eigenvalue weighted by atomic mass is 16.2. The highest BCUT2D eigenvalue weighted by molar-refractivity contribution is 6.08. The van der Waals surface area contributed by atoms with E-state index < -0.39 is 5.41 Å². The summed E-state index contributed by atoms with van der Waals surface area (Å²) in [6.07, 6.45) is 4.76. The van der Waals surface area contributed by atoms with Crippen LogP contribution in [0.25, 0.3) is 0 Å². The van der Waals surface area contributed by atoms with Crippen molar-refractivity contribution >= 4 is 23.3 Å². The van der Waals surface area contributed by atoms with Crippen LogP contribution in [0.4, 0.5) is 11.5 Å². The Bertz CT molecular complexity index is 756. The maximum absolute atomic E-state index is 12.2. The fraction of sp³-hybridized carbons (Fsp3) is 0.250. The quantitative estimate of drug-likeness (QED) is 0.919. The lowest BCUT2D eigenvalue weighted by Gasteiger charge is -2.15. The van der Waals surface area contributed by atoms with Crippen molar-refractivity contribution in [2.24, 2.45) is 0 Å². The number of carbonyl (C=O) groups is 2. The van der Waals surface area contributed by atoms with Gasteiger partial charge in [-0.1, -0.05) is 0 Å². The van der Waals surface area contributed by atoms with Crippen molar-refractivity contribution < 1.29 is 9.59 Å². The predicted octanol–water partition coefficient (Wildman–Crippen LogP) is 1.98. The first-order chi connectivity index (χ1) is 10.4. The van der Waals surface area contributed by atoms with Crippen molar-refractivity contribution in [2.75, 3.05) is 17.3 Å². The lowest BCUT2D eigenvalue weighted by Crippen LogP contribution is -2.33. The Morgan fingerprint density at radius 3 is 2.64 bits per heavy atom. The summed E-state index contributed by atoms with van der Waals surface area (Å²) in [5, 5.41) is 2.73. The van der Waals surface area contributed by atoms with E-state index in [1.807, 2.05) is 13.8 Å². The van der Waals surface area contributed by atoms with E-state index in [0.29, 0.717) is 11.4 Å². The summed E-state index contributed by atoms with van der Waals surface area (Å²) < 4.78 is 0. The number of nitrogens with one attached hydrogen (secondary N) is 1. The van der Waals surface area contributed by atoms with E-state index in [9.17, 15) is 9.59 Å². The van der Waals surface area contributed by atoms with Crippen LogP contribution in [0.5, 0.6) is 0 Å². The second kappa shape index (κ2) is 4.91. The number of anilines is 2. The molecule has 1 N–H and O–H groups in total. The maximum atomic E-state index is 12.2. The van der Waals surface area contributed by atoms with E-state index in [0.717, 1.165) is 11.3 Å². The van der Waals surface area contributed by atoms with Crippen molar-refractivity contribution in [3.05, 3.63) is 47.9 Å². The Labute approximate surface area is 128 Å². The molecule has 0 aliphatic carbocycles. The summed E-state index contributed by atoms with van der Waals surface area (Å²) in [6, 6.07) is 4.98. The molecule has 2 aromatic heterocycles. The highest BCUT2D eigenvalue weighted by Crippen LogP contribution is 2.41. The largest absolute Gasteiger partial charge is 0.314 e. The average Bonchev–Trinajstić information content (AvgIpc) is 2.69. The zero-order valence-corrected chi connectivity index (χ0v) is 12.6. The zero-order chi connectivity index (χ0) is 15.9. The van der Waals surface area contributed by atoms with Crippen molar-refractivity contribution in [2.45, 2.75) is 19.3 Å². The monoisotopic (exact) mass is 296 g/mol. The second-order valence-corrected chi connectivity index (χ2v) is 5.77. The summed E-state index contributed by atoms with van der Waals surface area (Å²) in [6.45, 7) is 3.74. The summed E-state index contributed by atoms with van der Waals surface area (Å²) in [4.78, 5) is 34.1. The van der Waals surface area contributed by atoms with Gasteiger partial charge in [0.2, 0.25) is 5.91 Å². The molecule has 1 aliphatic rings. The van der Waals surface area contributed by atoms with E-state index in [1.54, 1.807) is 48.7 Å². The minimum absolute atomic E-state index is 0.0157. The number of fused-ring (bicyclic) bond motifs is 1. The molecule has 3 rings (SSSR count). The summed E-state index contributed by atoms with van der Waals surface area (Å²) >= 11 is 0. The first-order valence-corrected chi connectivity index (χ1v) is 6.91. The Morgan fingerprint density at radius 2 is 1.95 bits per heavy atom. The molecule has 2 amide bonds. The normalized spacial score (nSPS) is 15.6. The highest BCUT2D eigenvalue weighted by Gasteiger charge is 2.42. The van der Waals surface area contributed by atoms with Gasteiger partial charge in [0.1, 0.15) is 5.82 Å². The maximum Gasteiger partial charge on any atom is 0.256 e. The molecule has 22 heavy (non-hydrogen) atoms. The van der Waals surface area contributed by atoms with Gasteiger partial charge in [0.15, 0.2) is 0 Å². The van der Waals surface area contributed by atoms with Crippen LogP contribution in [-0.4, -0.2) is 28.8 Å². The van der Waals surface area contributed by atoms with E-state index in [1.165, 1.54) is 0 Å². The molecule has 112 valence electrons. The molecule has 0 fully saturated rings. The molecule has 0 saturated carbocycles. The minimum atomic E-state index is -0.593. The van der Waals surface area contributed by atoms with Crippen LogP contribution >= 0.6 is 0 Å². The van der Waals surface area contributed by atoms with Gasteiger partial charge in [-0.15, -0.1) is 0 Å². The van der Waals surface area contributed by atoms with Crippen molar-refractivity contribution in [1.29, 1.82) is 0 Å². The van der Waals surface area contributed by atoms with Gasteiger partial charge in [0, 0.05) is 42.8 Å². The lowest BCUT2D eigenvalue weighted by atomic mass is 9.87. The van der Waals surface area contributed by atoms with Gasteiger partial charge in [-0.05, 0) is 26.0 Å². The molecule has 3 heterocycles. The van der Waals surface area contributed by atoms with Crippen molar-refractivity contribution in [3.8, 4) is 0 Å². The molecule has 0 aromatic carbocycles. The molecule has 0 radical (unpaired) electrons. The smallest absolute Gasteiger partial charge is 0.256 e. The SMILES string of the molecule is CN1C(=O)C(C)(C)c2cnc(NC(=O)c3ccncc3)cc21. The number of carbonyl (C=O) groups excluding carboxylic acids is 2. The second-order valence-electron chi connectivity index (χ2n) is 5.77. The molecule has 0 atom stereocenters. The number of hydrogen-bond donors (Lipinski definition) is 1. The van der Waals surface area contributed by atoms with Crippen LogP contribution in [-0.2, 0) is 10.2 Å². The number of hydrogen-bond acceptors (Lipinski definition) is 4. The van der Waals surface area contributed by atoms with Gasteiger partial charge < -0.3 is 10.2 Å². The topological polar surface area (TPSA) is 75.2 Å². The summed E-state index contributed by atoms with van der Waals surface area (Å²) in [5.41, 5.74) is 1.55. The van der Waals surface area contributed by atoms with Gasteiger partial charge >= 0.3 is 0 Å². The third kappa shape index (κ3) is 2.13. The summed E-state index contributed by atoms with van der Waals surface area (Å²) in [7, 11) is 1.73. The van der Waals surface area contributed by atoms with E-state index in [4.69, 9.17) is 0 Å². The molecule has 1 aliphatic heterocycles. The van der Waals surface area contributed by atoms with Gasteiger partial charge in [0.05, 0.1) is 11.1 Å². The van der Waals surface area contributed by atoms with Crippen molar-refractivity contribution in [3.63, 3.8) is 0 Å². The molecule has 0 unspecified atom stereocenters. The molecule has 2 aromatic rings. The molecule has 0 spiro atoms. The van der Waals surface area contributed by atoms with E-state index >= 15 is 0 Å². The first kappa shape index (κ1) is 14.2. The third-order valence-corrected chi connectivity index (χ3v) is 3.94. The predicted molar refractivity (Wildman–Crippen MR) is 82.9 cm³/mol. The number of pyridine rings is 2. The van der Waals surface area contributed by atoms with E-state index in [-0.39, 0.29) is 11.8 Å². The zero-order valence-electron chi connectivity index (χ0n) is 12.6. The van der Waals surface area contributed by atoms with Crippen LogP contribution in [0.2, 0.25) is 0 Å². The Hall–Kier alpha value is -2.76. The molecule has 6 heteroatoms. The average molecular weight is 296 g/mol. The Kier molecular flexibility index (Phi) is 3.16. The first-order valence-electron chi connectivity index (χ1n) is 6.91. The molecular weight excluding hydrogens is 280 g/mol. The van der Waals surface area contributed by atoms with Gasteiger partial charge in [-0.2, -0.15) is 0 Å². The van der Waals surface area contributed by atoms with Crippen LogP contribution in [0.15, 0.2) is 36.8 Å². The number of nitrogens with zero attached hydrogens (tertiary/aromatic N) is 3.